The lowest BCUT2D eigenvalue weighted by Crippen LogP contribution is -1.84. The first-order valence-corrected chi connectivity index (χ1v) is 5.86. The van der Waals surface area contributed by atoms with Crippen molar-refractivity contribution in [3.05, 3.63) is 53.1 Å². The lowest BCUT2D eigenvalue weighted by molar-refractivity contribution is 1.20. The Hall–Kier alpha value is -3.18. The summed E-state index contributed by atoms with van der Waals surface area (Å²) < 4.78 is 0. The summed E-state index contributed by atoms with van der Waals surface area (Å²) in [6.07, 6.45) is 0. The largest absolute Gasteiger partial charge is 0.399 e. The molecule has 0 saturated carbocycles. The SMILES string of the molecule is Cc1cc(N)ccc1N=Nc1ccc(C#N)cc1C#N. The Kier molecular flexibility index (Phi) is 3.74. The molecule has 2 aromatic rings. The van der Waals surface area contributed by atoms with Crippen LogP contribution in [-0.2, 0) is 0 Å². The molecule has 0 aliphatic rings. The van der Waals surface area contributed by atoms with Crippen molar-refractivity contribution >= 4 is 17.1 Å². The molecule has 0 unspecified atom stereocenters. The van der Waals surface area contributed by atoms with Crippen LogP contribution in [0.5, 0.6) is 0 Å². The molecule has 0 aromatic heterocycles. The van der Waals surface area contributed by atoms with Gasteiger partial charge in [0.15, 0.2) is 0 Å². The smallest absolute Gasteiger partial charge is 0.104 e. The molecule has 96 valence electrons. The highest BCUT2D eigenvalue weighted by Gasteiger charge is 2.03. The van der Waals surface area contributed by atoms with Crippen LogP contribution in [0.15, 0.2) is 46.6 Å². The minimum atomic E-state index is 0.320. The topological polar surface area (TPSA) is 98.3 Å². The minimum Gasteiger partial charge on any atom is -0.399 e. The molecule has 2 N–H and O–H groups in total. The number of azo groups is 1. The molecule has 0 atom stereocenters. The van der Waals surface area contributed by atoms with Crippen molar-refractivity contribution < 1.29 is 0 Å². The molecule has 2 aromatic carbocycles. The van der Waals surface area contributed by atoms with E-state index >= 15 is 0 Å². The zero-order valence-corrected chi connectivity index (χ0v) is 10.8. The Morgan fingerprint density at radius 1 is 0.950 bits per heavy atom. The average molecular weight is 261 g/mol. The van der Waals surface area contributed by atoms with Gasteiger partial charge in [0.1, 0.15) is 11.8 Å². The lowest BCUT2D eigenvalue weighted by atomic mass is 10.1. The Balaban J connectivity index is 2.37. The molecule has 20 heavy (non-hydrogen) atoms. The average Bonchev–Trinajstić information content (AvgIpc) is 2.46. The van der Waals surface area contributed by atoms with E-state index in [2.05, 4.69) is 10.2 Å². The molecule has 0 spiro atoms. The number of nitrogens with zero attached hydrogens (tertiary/aromatic N) is 4. The van der Waals surface area contributed by atoms with Crippen molar-refractivity contribution in [3.63, 3.8) is 0 Å². The van der Waals surface area contributed by atoms with Gasteiger partial charge in [0, 0.05) is 5.69 Å². The Bertz CT molecular complexity index is 763. The highest BCUT2D eigenvalue weighted by Crippen LogP contribution is 2.25. The first-order valence-electron chi connectivity index (χ1n) is 5.86. The number of aryl methyl sites for hydroxylation is 1. The highest BCUT2D eigenvalue weighted by molar-refractivity contribution is 5.58. The van der Waals surface area contributed by atoms with Gasteiger partial charge in [-0.05, 0) is 48.9 Å². The highest BCUT2D eigenvalue weighted by atomic mass is 15.1. The standard InChI is InChI=1S/C15H11N5/c1-10-6-13(18)3-5-14(10)19-20-15-4-2-11(8-16)7-12(15)9-17/h2-7H,18H2,1H3. The lowest BCUT2D eigenvalue weighted by Gasteiger charge is -2.01. The van der Waals surface area contributed by atoms with Crippen LogP contribution in [-0.4, -0.2) is 0 Å². The summed E-state index contributed by atoms with van der Waals surface area (Å²) >= 11 is 0. The molecule has 0 aliphatic heterocycles. The molecule has 0 saturated heterocycles. The van der Waals surface area contributed by atoms with E-state index in [9.17, 15) is 0 Å². The normalized spacial score (nSPS) is 10.2. The number of nitrogen functional groups attached to an aromatic ring is 1. The molecule has 0 fully saturated rings. The molecule has 0 amide bonds. The summed E-state index contributed by atoms with van der Waals surface area (Å²) in [5.74, 6) is 0. The molecule has 5 heteroatoms. The maximum absolute atomic E-state index is 9.05. The molecule has 0 aliphatic carbocycles. The maximum Gasteiger partial charge on any atom is 0.104 e. The van der Waals surface area contributed by atoms with Gasteiger partial charge in [0.25, 0.3) is 0 Å². The zero-order chi connectivity index (χ0) is 14.5. The number of nitrogens with two attached hydrogens (primary N) is 1. The Morgan fingerprint density at radius 2 is 1.65 bits per heavy atom. The number of benzene rings is 2. The van der Waals surface area contributed by atoms with Crippen molar-refractivity contribution in [2.75, 3.05) is 5.73 Å². The minimum absolute atomic E-state index is 0.320. The van der Waals surface area contributed by atoms with Gasteiger partial charge in [-0.2, -0.15) is 15.6 Å². The molecular formula is C15H11N5. The predicted octanol–water partition coefficient (Wildman–Crippen LogP) is 3.74. The Morgan fingerprint density at radius 3 is 2.30 bits per heavy atom. The first-order chi connectivity index (χ1) is 9.63. The molecular weight excluding hydrogens is 250 g/mol. The third-order valence-corrected chi connectivity index (χ3v) is 2.73. The van der Waals surface area contributed by atoms with Crippen molar-refractivity contribution in [1.82, 2.24) is 0 Å². The van der Waals surface area contributed by atoms with Crippen molar-refractivity contribution in [2.24, 2.45) is 10.2 Å². The monoisotopic (exact) mass is 261 g/mol. The quantitative estimate of drug-likeness (QED) is 0.658. The number of anilines is 1. The fraction of sp³-hybridized carbons (Fsp3) is 0.0667. The van der Waals surface area contributed by atoms with Gasteiger partial charge in [-0.25, -0.2) is 0 Å². The summed E-state index contributed by atoms with van der Waals surface area (Å²) in [4.78, 5) is 0. The zero-order valence-electron chi connectivity index (χ0n) is 10.8. The van der Waals surface area contributed by atoms with Crippen LogP contribution in [0.25, 0.3) is 0 Å². The van der Waals surface area contributed by atoms with Gasteiger partial charge >= 0.3 is 0 Å². The van der Waals surface area contributed by atoms with Crippen molar-refractivity contribution in [2.45, 2.75) is 6.92 Å². The summed E-state index contributed by atoms with van der Waals surface area (Å²) in [6.45, 7) is 1.88. The van der Waals surface area contributed by atoms with Gasteiger partial charge in [0.05, 0.1) is 22.9 Å². The summed E-state index contributed by atoms with van der Waals surface area (Å²) in [6, 6.07) is 14.0. The molecule has 5 nitrogen and oxygen atoms in total. The second kappa shape index (κ2) is 5.64. The van der Waals surface area contributed by atoms with Crippen molar-refractivity contribution in [1.29, 1.82) is 10.5 Å². The van der Waals surface area contributed by atoms with E-state index in [-0.39, 0.29) is 0 Å². The van der Waals surface area contributed by atoms with Crippen LogP contribution >= 0.6 is 0 Å². The molecule has 0 bridgehead atoms. The fourth-order valence-electron chi connectivity index (χ4n) is 1.68. The van der Waals surface area contributed by atoms with Crippen LogP contribution < -0.4 is 5.73 Å². The summed E-state index contributed by atoms with van der Waals surface area (Å²) in [5, 5.41) is 26.0. The summed E-state index contributed by atoms with van der Waals surface area (Å²) in [5.41, 5.74) is 9.10. The first kappa shape index (κ1) is 13.3. The van der Waals surface area contributed by atoms with Crippen LogP contribution in [0.4, 0.5) is 17.1 Å². The summed E-state index contributed by atoms with van der Waals surface area (Å²) in [7, 11) is 0. The van der Waals surface area contributed by atoms with Crippen LogP contribution in [0.3, 0.4) is 0 Å². The molecule has 0 radical (unpaired) electrons. The molecule has 2 rings (SSSR count). The second-order valence-corrected chi connectivity index (χ2v) is 4.20. The van der Waals surface area contributed by atoms with Gasteiger partial charge in [0.2, 0.25) is 0 Å². The van der Waals surface area contributed by atoms with Gasteiger partial charge < -0.3 is 5.73 Å². The van der Waals surface area contributed by atoms with Gasteiger partial charge in [-0.15, -0.1) is 5.11 Å². The van der Waals surface area contributed by atoms with Gasteiger partial charge in [-0.1, -0.05) is 0 Å². The third kappa shape index (κ3) is 2.80. The number of hydrogen-bond donors (Lipinski definition) is 1. The third-order valence-electron chi connectivity index (χ3n) is 2.73. The molecule has 0 heterocycles. The van der Waals surface area contributed by atoms with Crippen LogP contribution in [0, 0.1) is 29.6 Å². The van der Waals surface area contributed by atoms with E-state index in [0.717, 1.165) is 5.56 Å². The fourth-order valence-corrected chi connectivity index (χ4v) is 1.68. The maximum atomic E-state index is 9.05. The van der Waals surface area contributed by atoms with Crippen molar-refractivity contribution in [3.8, 4) is 12.1 Å². The van der Waals surface area contributed by atoms with E-state index in [0.29, 0.717) is 28.2 Å². The second-order valence-electron chi connectivity index (χ2n) is 4.20. The Labute approximate surface area is 116 Å². The van der Waals surface area contributed by atoms with E-state index in [4.69, 9.17) is 16.3 Å². The van der Waals surface area contributed by atoms with Crippen LogP contribution in [0.2, 0.25) is 0 Å². The van der Waals surface area contributed by atoms with E-state index in [1.807, 2.05) is 19.1 Å². The predicted molar refractivity (Wildman–Crippen MR) is 75.6 cm³/mol. The van der Waals surface area contributed by atoms with Gasteiger partial charge in [-0.3, -0.25) is 0 Å². The number of nitriles is 2. The van der Waals surface area contributed by atoms with E-state index < -0.39 is 0 Å². The van der Waals surface area contributed by atoms with E-state index in [1.54, 1.807) is 30.3 Å². The van der Waals surface area contributed by atoms with E-state index in [1.165, 1.54) is 6.07 Å². The number of rotatable bonds is 2. The number of hydrogen-bond acceptors (Lipinski definition) is 5. The van der Waals surface area contributed by atoms with Crippen LogP contribution in [0.1, 0.15) is 16.7 Å².